The van der Waals surface area contributed by atoms with Crippen LogP contribution in [0.4, 0.5) is 5.69 Å². The Hall–Kier alpha value is -4.20. The van der Waals surface area contributed by atoms with Crippen LogP contribution in [0.5, 0.6) is 5.75 Å². The molecule has 0 bridgehead atoms. The molecule has 2 aromatic heterocycles. The minimum absolute atomic E-state index is 0.00264. The van der Waals surface area contributed by atoms with Crippen molar-refractivity contribution in [3.05, 3.63) is 94.8 Å². The molecule has 0 atom stereocenters. The van der Waals surface area contributed by atoms with Crippen molar-refractivity contribution in [1.82, 2.24) is 9.38 Å². The van der Waals surface area contributed by atoms with Crippen LogP contribution in [0.15, 0.2) is 79.1 Å². The number of rotatable bonds is 9. The summed E-state index contributed by atoms with van der Waals surface area (Å²) in [5.74, 6) is 0.124. The summed E-state index contributed by atoms with van der Waals surface area (Å²) in [5.41, 5.74) is 3.32. The molecule has 2 heterocycles. The third-order valence-electron chi connectivity index (χ3n) is 4.87. The summed E-state index contributed by atoms with van der Waals surface area (Å²) in [5, 5.41) is 10.9. The molecule has 0 unspecified atom stereocenters. The van der Waals surface area contributed by atoms with Gasteiger partial charge in [0.1, 0.15) is 11.4 Å². The van der Waals surface area contributed by atoms with Gasteiger partial charge in [-0.2, -0.15) is 0 Å². The van der Waals surface area contributed by atoms with Crippen molar-refractivity contribution in [2.75, 3.05) is 13.2 Å². The van der Waals surface area contributed by atoms with E-state index in [1.54, 1.807) is 28.8 Å². The maximum Gasteiger partial charge on any atom is 0.344 e. The van der Waals surface area contributed by atoms with Crippen LogP contribution in [-0.4, -0.2) is 33.5 Å². The van der Waals surface area contributed by atoms with Gasteiger partial charge in [0, 0.05) is 17.8 Å². The number of nitro groups is 1. The summed E-state index contributed by atoms with van der Waals surface area (Å²) in [6.45, 7) is 0.185. The number of hydrogen-bond donors (Lipinski definition) is 0. The molecule has 0 aliphatic carbocycles. The van der Waals surface area contributed by atoms with Crippen molar-refractivity contribution in [2.45, 2.75) is 12.8 Å². The first-order valence-corrected chi connectivity index (χ1v) is 10.1. The van der Waals surface area contributed by atoms with Crippen LogP contribution in [0.2, 0.25) is 0 Å². The number of ether oxygens (including phenoxy) is 2. The normalized spacial score (nSPS) is 10.8. The molecule has 0 saturated carbocycles. The maximum atomic E-state index is 11.9. The lowest BCUT2D eigenvalue weighted by molar-refractivity contribution is -0.385. The van der Waals surface area contributed by atoms with Gasteiger partial charge in [-0.1, -0.05) is 30.3 Å². The van der Waals surface area contributed by atoms with E-state index in [0.29, 0.717) is 23.7 Å². The molecule has 0 radical (unpaired) electrons. The summed E-state index contributed by atoms with van der Waals surface area (Å²) < 4.78 is 12.3. The molecule has 32 heavy (non-hydrogen) atoms. The number of aromatic nitrogens is 2. The van der Waals surface area contributed by atoms with Gasteiger partial charge in [-0.05, 0) is 48.7 Å². The highest BCUT2D eigenvalue weighted by Gasteiger charge is 2.10. The zero-order valence-electron chi connectivity index (χ0n) is 17.2. The monoisotopic (exact) mass is 431 g/mol. The van der Waals surface area contributed by atoms with E-state index in [9.17, 15) is 14.9 Å². The summed E-state index contributed by atoms with van der Waals surface area (Å²) >= 11 is 0. The highest BCUT2D eigenvalue weighted by molar-refractivity contribution is 5.71. The van der Waals surface area contributed by atoms with Gasteiger partial charge in [-0.3, -0.25) is 14.5 Å². The summed E-state index contributed by atoms with van der Waals surface area (Å²) in [7, 11) is 0. The fraction of sp³-hybridized carbons (Fsp3) is 0.167. The van der Waals surface area contributed by atoms with E-state index in [1.165, 1.54) is 17.8 Å². The lowest BCUT2D eigenvalue weighted by Crippen LogP contribution is -2.15. The van der Waals surface area contributed by atoms with Crippen LogP contribution < -0.4 is 4.74 Å². The SMILES string of the molecule is O=C(COc1ccc(-c2cn3cc([N+](=O)[O-])ccc3n2)cc1)OCCCc1ccccc1. The maximum absolute atomic E-state index is 11.9. The van der Waals surface area contributed by atoms with Crippen LogP contribution in [0.1, 0.15) is 12.0 Å². The number of pyridine rings is 1. The second kappa shape index (κ2) is 9.74. The van der Waals surface area contributed by atoms with E-state index >= 15 is 0 Å². The number of esters is 1. The fourth-order valence-corrected chi connectivity index (χ4v) is 3.24. The quantitative estimate of drug-likeness (QED) is 0.168. The lowest BCUT2D eigenvalue weighted by atomic mass is 10.1. The zero-order chi connectivity index (χ0) is 22.3. The Morgan fingerprint density at radius 3 is 2.53 bits per heavy atom. The molecule has 0 fully saturated rings. The van der Waals surface area contributed by atoms with Gasteiger partial charge in [0.2, 0.25) is 0 Å². The predicted octanol–water partition coefficient (Wildman–Crippen LogP) is 4.46. The number of nitrogens with zero attached hydrogens (tertiary/aromatic N) is 3. The van der Waals surface area contributed by atoms with Crippen LogP contribution in [0.3, 0.4) is 0 Å². The van der Waals surface area contributed by atoms with E-state index in [1.807, 2.05) is 42.5 Å². The highest BCUT2D eigenvalue weighted by atomic mass is 16.6. The Kier molecular flexibility index (Phi) is 6.41. The molecular formula is C24H21N3O5. The first-order chi connectivity index (χ1) is 15.6. The molecule has 4 aromatic rings. The summed E-state index contributed by atoms with van der Waals surface area (Å²) in [4.78, 5) is 26.8. The average Bonchev–Trinajstić information content (AvgIpc) is 3.25. The van der Waals surface area contributed by atoms with Crippen molar-refractivity contribution in [2.24, 2.45) is 0 Å². The number of hydrogen-bond acceptors (Lipinski definition) is 6. The third-order valence-corrected chi connectivity index (χ3v) is 4.87. The number of aryl methyl sites for hydroxylation is 1. The molecule has 0 aliphatic heterocycles. The van der Waals surface area contributed by atoms with E-state index < -0.39 is 10.9 Å². The smallest absolute Gasteiger partial charge is 0.344 e. The van der Waals surface area contributed by atoms with Crippen LogP contribution >= 0.6 is 0 Å². The van der Waals surface area contributed by atoms with Crippen molar-refractivity contribution in [3.63, 3.8) is 0 Å². The molecule has 8 nitrogen and oxygen atoms in total. The van der Waals surface area contributed by atoms with Gasteiger partial charge in [0.25, 0.3) is 5.69 Å². The Bertz CT molecular complexity index is 1220. The van der Waals surface area contributed by atoms with Crippen LogP contribution in [0, 0.1) is 10.1 Å². The standard InChI is InChI=1S/C24H21N3O5/c28-24(31-14-4-7-18-5-2-1-3-6-18)17-32-21-11-8-19(9-12-21)22-16-26-15-20(27(29)30)10-13-23(26)25-22/h1-3,5-6,8-13,15-16H,4,7,14,17H2. The molecule has 4 rings (SSSR count). The minimum Gasteiger partial charge on any atom is -0.482 e. The minimum atomic E-state index is -0.445. The molecule has 0 spiro atoms. The van der Waals surface area contributed by atoms with E-state index in [-0.39, 0.29) is 12.3 Å². The van der Waals surface area contributed by atoms with E-state index in [0.717, 1.165) is 18.4 Å². The largest absolute Gasteiger partial charge is 0.482 e. The van der Waals surface area contributed by atoms with Gasteiger partial charge in [0.15, 0.2) is 6.61 Å². The van der Waals surface area contributed by atoms with Crippen molar-refractivity contribution >= 4 is 17.3 Å². The number of benzene rings is 2. The van der Waals surface area contributed by atoms with Crippen molar-refractivity contribution in [1.29, 1.82) is 0 Å². The lowest BCUT2D eigenvalue weighted by Gasteiger charge is -2.07. The van der Waals surface area contributed by atoms with Crippen molar-refractivity contribution < 1.29 is 19.2 Å². The van der Waals surface area contributed by atoms with E-state index in [4.69, 9.17) is 9.47 Å². The molecule has 0 saturated heterocycles. The van der Waals surface area contributed by atoms with Gasteiger partial charge >= 0.3 is 5.97 Å². The molecule has 8 heteroatoms. The van der Waals surface area contributed by atoms with Crippen LogP contribution in [-0.2, 0) is 16.0 Å². The number of fused-ring (bicyclic) bond motifs is 1. The molecule has 0 aliphatic rings. The van der Waals surface area contributed by atoms with E-state index in [2.05, 4.69) is 4.98 Å². The molecular weight excluding hydrogens is 410 g/mol. The Balaban J connectivity index is 1.27. The second-order valence-corrected chi connectivity index (χ2v) is 7.16. The highest BCUT2D eigenvalue weighted by Crippen LogP contribution is 2.23. The van der Waals surface area contributed by atoms with Gasteiger partial charge in [0.05, 0.1) is 23.4 Å². The number of carbonyl (C=O) groups is 1. The fourth-order valence-electron chi connectivity index (χ4n) is 3.24. The van der Waals surface area contributed by atoms with Crippen LogP contribution in [0.25, 0.3) is 16.9 Å². The van der Waals surface area contributed by atoms with Gasteiger partial charge in [-0.25, -0.2) is 9.78 Å². The molecule has 162 valence electrons. The zero-order valence-corrected chi connectivity index (χ0v) is 17.2. The molecule has 2 aromatic carbocycles. The molecule has 0 N–H and O–H groups in total. The Morgan fingerprint density at radius 1 is 1.00 bits per heavy atom. The van der Waals surface area contributed by atoms with Gasteiger partial charge in [-0.15, -0.1) is 0 Å². The second-order valence-electron chi connectivity index (χ2n) is 7.16. The first-order valence-electron chi connectivity index (χ1n) is 10.1. The summed E-state index contributed by atoms with van der Waals surface area (Å²) in [6.07, 6.45) is 4.76. The Labute approximate surface area is 184 Å². The topological polar surface area (TPSA) is 96.0 Å². The third kappa shape index (κ3) is 5.28. The molecule has 0 amide bonds. The van der Waals surface area contributed by atoms with Gasteiger partial charge < -0.3 is 9.47 Å². The number of carbonyl (C=O) groups excluding carboxylic acids is 1. The average molecular weight is 431 g/mol. The summed E-state index contributed by atoms with van der Waals surface area (Å²) in [6, 6.07) is 20.2. The Morgan fingerprint density at radius 2 is 1.78 bits per heavy atom. The predicted molar refractivity (Wildman–Crippen MR) is 118 cm³/mol. The first kappa shape index (κ1) is 21.0. The number of imidazole rings is 1. The van der Waals surface area contributed by atoms with Crippen molar-refractivity contribution in [3.8, 4) is 17.0 Å².